The van der Waals surface area contributed by atoms with E-state index in [4.69, 9.17) is 5.11 Å². The van der Waals surface area contributed by atoms with Gasteiger partial charge in [-0.05, 0) is 30.9 Å². The van der Waals surface area contributed by atoms with Crippen LogP contribution in [0, 0.1) is 0 Å². The molecule has 0 atom stereocenters. The summed E-state index contributed by atoms with van der Waals surface area (Å²) >= 11 is 1.48. The van der Waals surface area contributed by atoms with E-state index in [-0.39, 0.29) is 12.5 Å². The molecule has 1 aliphatic carbocycles. The van der Waals surface area contributed by atoms with E-state index in [0.717, 1.165) is 19.3 Å². The normalized spacial score (nSPS) is 13.6. The number of nitrogens with one attached hydrogen (secondary N) is 1. The van der Waals surface area contributed by atoms with Crippen LogP contribution in [0.5, 0.6) is 0 Å². The van der Waals surface area contributed by atoms with Gasteiger partial charge in [0.15, 0.2) is 0 Å². The second kappa shape index (κ2) is 4.02. The predicted molar refractivity (Wildman–Crippen MR) is 56.3 cm³/mol. The molecule has 5 heteroatoms. The zero-order chi connectivity index (χ0) is 10.8. The number of carboxylic acids is 1. The minimum atomic E-state index is -1.02. The minimum absolute atomic E-state index is 0.281. The average molecular weight is 225 g/mol. The Morgan fingerprint density at radius 3 is 2.93 bits per heavy atom. The molecule has 0 aliphatic heterocycles. The zero-order valence-electron chi connectivity index (χ0n) is 8.08. The van der Waals surface area contributed by atoms with E-state index in [0.29, 0.717) is 4.88 Å². The van der Waals surface area contributed by atoms with Gasteiger partial charge in [-0.15, -0.1) is 11.3 Å². The topological polar surface area (TPSA) is 66.4 Å². The van der Waals surface area contributed by atoms with Crippen LogP contribution in [0.2, 0.25) is 0 Å². The fourth-order valence-electron chi connectivity index (χ4n) is 1.68. The Morgan fingerprint density at radius 2 is 2.27 bits per heavy atom. The van der Waals surface area contributed by atoms with Crippen molar-refractivity contribution in [1.82, 2.24) is 5.32 Å². The highest BCUT2D eigenvalue weighted by atomic mass is 32.1. The maximum absolute atomic E-state index is 11.5. The minimum Gasteiger partial charge on any atom is -0.480 e. The first-order chi connectivity index (χ1) is 7.16. The SMILES string of the molecule is O=C(O)CNC(=O)c1cc2c(s1)CCC2. The summed E-state index contributed by atoms with van der Waals surface area (Å²) in [6.45, 7) is -0.318. The second-order valence-corrected chi connectivity index (χ2v) is 4.63. The number of hydrogen-bond acceptors (Lipinski definition) is 3. The lowest BCUT2D eigenvalue weighted by Crippen LogP contribution is -2.28. The van der Waals surface area contributed by atoms with Crippen LogP contribution in [-0.2, 0) is 17.6 Å². The van der Waals surface area contributed by atoms with Crippen molar-refractivity contribution in [3.05, 3.63) is 21.4 Å². The second-order valence-electron chi connectivity index (χ2n) is 3.49. The quantitative estimate of drug-likeness (QED) is 0.808. The summed E-state index contributed by atoms with van der Waals surface area (Å²) in [5.74, 6) is -1.30. The number of carbonyl (C=O) groups is 2. The third kappa shape index (κ3) is 2.18. The molecular formula is C10H11NO3S. The Hall–Kier alpha value is -1.36. The third-order valence-corrected chi connectivity index (χ3v) is 3.61. The molecular weight excluding hydrogens is 214 g/mol. The van der Waals surface area contributed by atoms with Crippen molar-refractivity contribution in [2.75, 3.05) is 6.54 Å². The van der Waals surface area contributed by atoms with Crippen LogP contribution in [0.4, 0.5) is 0 Å². The van der Waals surface area contributed by atoms with E-state index in [1.807, 2.05) is 6.07 Å². The number of aliphatic carboxylic acids is 1. The molecule has 0 saturated carbocycles. The maximum Gasteiger partial charge on any atom is 0.322 e. The Kier molecular flexibility index (Phi) is 2.73. The van der Waals surface area contributed by atoms with Gasteiger partial charge in [0.2, 0.25) is 0 Å². The van der Waals surface area contributed by atoms with E-state index < -0.39 is 5.97 Å². The lowest BCUT2D eigenvalue weighted by Gasteiger charge is -1.98. The molecule has 0 aromatic carbocycles. The Labute approximate surface area is 90.9 Å². The van der Waals surface area contributed by atoms with Gasteiger partial charge in [-0.25, -0.2) is 0 Å². The molecule has 1 heterocycles. The van der Waals surface area contributed by atoms with Gasteiger partial charge in [-0.1, -0.05) is 0 Å². The molecule has 4 nitrogen and oxygen atoms in total. The highest BCUT2D eigenvalue weighted by molar-refractivity contribution is 7.14. The molecule has 0 fully saturated rings. The maximum atomic E-state index is 11.5. The van der Waals surface area contributed by atoms with Crippen molar-refractivity contribution in [1.29, 1.82) is 0 Å². The number of carbonyl (C=O) groups excluding carboxylic acids is 1. The fourth-order valence-corrected chi connectivity index (χ4v) is 2.85. The van der Waals surface area contributed by atoms with E-state index in [1.165, 1.54) is 21.8 Å². The summed E-state index contributed by atoms with van der Waals surface area (Å²) in [5.41, 5.74) is 1.25. The molecule has 0 unspecified atom stereocenters. The number of hydrogen-bond donors (Lipinski definition) is 2. The van der Waals surface area contributed by atoms with Crippen molar-refractivity contribution < 1.29 is 14.7 Å². The van der Waals surface area contributed by atoms with Gasteiger partial charge < -0.3 is 10.4 Å². The van der Waals surface area contributed by atoms with Gasteiger partial charge in [-0.3, -0.25) is 9.59 Å². The molecule has 1 aromatic heterocycles. The van der Waals surface area contributed by atoms with Crippen LogP contribution in [0.3, 0.4) is 0 Å². The number of thiophene rings is 1. The zero-order valence-corrected chi connectivity index (χ0v) is 8.89. The lowest BCUT2D eigenvalue weighted by atomic mass is 10.2. The van der Waals surface area contributed by atoms with Gasteiger partial charge in [0.1, 0.15) is 6.54 Å². The van der Waals surface area contributed by atoms with E-state index in [1.54, 1.807) is 0 Å². The molecule has 0 bridgehead atoms. The molecule has 0 radical (unpaired) electrons. The van der Waals surface area contributed by atoms with Gasteiger partial charge in [0, 0.05) is 4.88 Å². The van der Waals surface area contributed by atoms with Crippen LogP contribution >= 0.6 is 11.3 Å². The first-order valence-electron chi connectivity index (χ1n) is 4.78. The molecule has 1 amide bonds. The average Bonchev–Trinajstić information content (AvgIpc) is 2.72. The van der Waals surface area contributed by atoms with Gasteiger partial charge in [-0.2, -0.15) is 0 Å². The molecule has 2 rings (SSSR count). The van der Waals surface area contributed by atoms with E-state index in [2.05, 4.69) is 5.32 Å². The first-order valence-corrected chi connectivity index (χ1v) is 5.60. The number of carboxylic acid groups (broad SMARTS) is 1. The van der Waals surface area contributed by atoms with Crippen LogP contribution < -0.4 is 5.32 Å². The predicted octanol–water partition coefficient (Wildman–Crippen LogP) is 1.05. The summed E-state index contributed by atoms with van der Waals surface area (Å²) < 4.78 is 0. The fraction of sp³-hybridized carbons (Fsp3) is 0.400. The van der Waals surface area contributed by atoms with Crippen LogP contribution in [0.15, 0.2) is 6.07 Å². The summed E-state index contributed by atoms with van der Waals surface area (Å²) in [5, 5.41) is 10.8. The monoisotopic (exact) mass is 225 g/mol. The van der Waals surface area contributed by atoms with E-state index in [9.17, 15) is 9.59 Å². The number of amides is 1. The Balaban J connectivity index is 2.03. The number of aryl methyl sites for hydroxylation is 2. The summed E-state index contributed by atoms with van der Waals surface area (Å²) in [6, 6.07) is 1.88. The van der Waals surface area contributed by atoms with Crippen molar-refractivity contribution >= 4 is 23.2 Å². The summed E-state index contributed by atoms with van der Waals surface area (Å²) in [4.78, 5) is 23.7. The van der Waals surface area contributed by atoms with Crippen molar-refractivity contribution in [3.8, 4) is 0 Å². The molecule has 2 N–H and O–H groups in total. The summed E-state index contributed by atoms with van der Waals surface area (Å²) in [7, 11) is 0. The van der Waals surface area contributed by atoms with Crippen molar-refractivity contribution in [2.45, 2.75) is 19.3 Å². The van der Waals surface area contributed by atoms with Crippen molar-refractivity contribution in [3.63, 3.8) is 0 Å². The number of fused-ring (bicyclic) bond motifs is 1. The standard InChI is InChI=1S/C10H11NO3S/c12-9(13)5-11-10(14)8-4-6-2-1-3-7(6)15-8/h4H,1-3,5H2,(H,11,14)(H,12,13). The molecule has 80 valence electrons. The molecule has 0 saturated heterocycles. The summed E-state index contributed by atoms with van der Waals surface area (Å²) in [6.07, 6.45) is 3.25. The van der Waals surface area contributed by atoms with Crippen molar-refractivity contribution in [2.24, 2.45) is 0 Å². The molecule has 15 heavy (non-hydrogen) atoms. The molecule has 0 spiro atoms. The van der Waals surface area contributed by atoms with Crippen LogP contribution in [-0.4, -0.2) is 23.5 Å². The highest BCUT2D eigenvalue weighted by Gasteiger charge is 2.18. The third-order valence-electron chi connectivity index (χ3n) is 2.37. The Bertz CT molecular complexity index is 389. The number of rotatable bonds is 3. The largest absolute Gasteiger partial charge is 0.480 e. The smallest absolute Gasteiger partial charge is 0.322 e. The molecule has 1 aromatic rings. The highest BCUT2D eigenvalue weighted by Crippen LogP contribution is 2.30. The molecule has 1 aliphatic rings. The van der Waals surface area contributed by atoms with Gasteiger partial charge in [0.05, 0.1) is 4.88 Å². The Morgan fingerprint density at radius 1 is 1.47 bits per heavy atom. The first kappa shape index (κ1) is 10.2. The lowest BCUT2D eigenvalue weighted by molar-refractivity contribution is -0.135. The van der Waals surface area contributed by atoms with Crippen LogP contribution in [0.25, 0.3) is 0 Å². The van der Waals surface area contributed by atoms with Gasteiger partial charge >= 0.3 is 5.97 Å². The van der Waals surface area contributed by atoms with Crippen LogP contribution in [0.1, 0.15) is 26.5 Å². The van der Waals surface area contributed by atoms with Gasteiger partial charge in [0.25, 0.3) is 5.91 Å². The van der Waals surface area contributed by atoms with E-state index >= 15 is 0 Å².